The first kappa shape index (κ1) is 19.8. The molecule has 3 aromatic rings. The summed E-state index contributed by atoms with van der Waals surface area (Å²) in [6.45, 7) is -0.456. The maximum Gasteiger partial charge on any atom is 0.113 e. The Labute approximate surface area is 171 Å². The van der Waals surface area contributed by atoms with Gasteiger partial charge in [-0.05, 0) is 58.1 Å². The Morgan fingerprint density at radius 2 is 1.79 bits per heavy atom. The second kappa shape index (κ2) is 8.08. The van der Waals surface area contributed by atoms with Crippen LogP contribution in [0, 0.1) is 0 Å². The van der Waals surface area contributed by atoms with E-state index >= 15 is 0 Å². The highest BCUT2D eigenvalue weighted by atomic mass is 35.5. The van der Waals surface area contributed by atoms with Gasteiger partial charge in [0.1, 0.15) is 30.5 Å². The van der Waals surface area contributed by atoms with E-state index in [1.54, 1.807) is 23.5 Å². The first-order valence-electron chi connectivity index (χ1n) is 9.03. The molecule has 1 saturated heterocycles. The molecule has 2 aromatic carbocycles. The molecule has 28 heavy (non-hydrogen) atoms. The van der Waals surface area contributed by atoms with Crippen molar-refractivity contribution in [3.8, 4) is 0 Å². The topological polar surface area (TPSA) is 90.2 Å². The van der Waals surface area contributed by atoms with Gasteiger partial charge in [-0.1, -0.05) is 29.8 Å². The van der Waals surface area contributed by atoms with Gasteiger partial charge in [0, 0.05) is 9.72 Å². The van der Waals surface area contributed by atoms with Crippen molar-refractivity contribution in [2.45, 2.75) is 36.9 Å². The average Bonchev–Trinajstić information content (AvgIpc) is 3.16. The van der Waals surface area contributed by atoms with Gasteiger partial charge < -0.3 is 25.2 Å². The third-order valence-electron chi connectivity index (χ3n) is 5.20. The number of rotatable bonds is 4. The number of benzene rings is 2. The molecule has 0 spiro atoms. The molecule has 0 radical (unpaired) electrons. The lowest BCUT2D eigenvalue weighted by Crippen LogP contribution is -2.55. The van der Waals surface area contributed by atoms with Crippen LogP contribution in [-0.2, 0) is 11.2 Å². The number of aliphatic hydroxyl groups excluding tert-OH is 4. The smallest absolute Gasteiger partial charge is 0.113 e. The molecule has 7 heteroatoms. The molecule has 148 valence electrons. The molecule has 0 amide bonds. The largest absolute Gasteiger partial charge is 0.394 e. The summed E-state index contributed by atoms with van der Waals surface area (Å²) in [5.74, 6) is 0. The molecule has 5 nitrogen and oxygen atoms in total. The van der Waals surface area contributed by atoms with Crippen LogP contribution in [0.1, 0.15) is 22.8 Å². The fourth-order valence-corrected chi connectivity index (χ4v) is 4.59. The second-order valence-corrected chi connectivity index (χ2v) is 8.42. The molecule has 0 saturated carbocycles. The van der Waals surface area contributed by atoms with E-state index in [1.165, 1.54) is 10.1 Å². The Morgan fingerprint density at radius 1 is 0.964 bits per heavy atom. The van der Waals surface area contributed by atoms with Crippen molar-refractivity contribution >= 4 is 33.0 Å². The van der Waals surface area contributed by atoms with Gasteiger partial charge in [0.15, 0.2) is 0 Å². The first-order valence-corrected chi connectivity index (χ1v) is 10.3. The quantitative estimate of drug-likeness (QED) is 0.521. The number of thiophene rings is 1. The molecule has 4 N–H and O–H groups in total. The van der Waals surface area contributed by atoms with Crippen LogP contribution in [-0.4, -0.2) is 51.4 Å². The summed E-state index contributed by atoms with van der Waals surface area (Å²) >= 11 is 8.09. The van der Waals surface area contributed by atoms with Gasteiger partial charge in [0.25, 0.3) is 0 Å². The summed E-state index contributed by atoms with van der Waals surface area (Å²) in [5, 5.41) is 43.6. The van der Waals surface area contributed by atoms with Crippen LogP contribution in [0.4, 0.5) is 0 Å². The minimum Gasteiger partial charge on any atom is -0.394 e. The van der Waals surface area contributed by atoms with Crippen molar-refractivity contribution in [2.75, 3.05) is 6.61 Å². The monoisotopic (exact) mass is 420 g/mol. The molecule has 0 unspecified atom stereocenters. The molecule has 1 aliphatic heterocycles. The zero-order valence-electron chi connectivity index (χ0n) is 14.9. The Morgan fingerprint density at radius 3 is 2.57 bits per heavy atom. The number of hydrogen-bond acceptors (Lipinski definition) is 6. The molecule has 4 rings (SSSR count). The maximum atomic E-state index is 10.4. The van der Waals surface area contributed by atoms with Gasteiger partial charge in [0.05, 0.1) is 6.61 Å². The number of aliphatic hydroxyl groups is 4. The van der Waals surface area contributed by atoms with Crippen LogP contribution in [0.5, 0.6) is 0 Å². The van der Waals surface area contributed by atoms with Gasteiger partial charge in [-0.3, -0.25) is 0 Å². The summed E-state index contributed by atoms with van der Waals surface area (Å²) < 4.78 is 6.88. The first-order chi connectivity index (χ1) is 13.5. The maximum absolute atomic E-state index is 10.4. The molecular weight excluding hydrogens is 400 g/mol. The SMILES string of the molecule is OC[C@H]1O[C@@H](c2ccc(Cl)c(Cc3ccc4sccc4c3)c2)[C@H](O)[C@@H](O)[C@@H]1O. The van der Waals surface area contributed by atoms with Crippen LogP contribution in [0.25, 0.3) is 10.1 Å². The summed E-state index contributed by atoms with van der Waals surface area (Å²) in [6, 6.07) is 13.7. The molecule has 0 bridgehead atoms. The zero-order valence-corrected chi connectivity index (χ0v) is 16.5. The van der Waals surface area contributed by atoms with E-state index in [-0.39, 0.29) is 0 Å². The lowest BCUT2D eigenvalue weighted by atomic mass is 9.90. The number of fused-ring (bicyclic) bond motifs is 1. The van der Waals surface area contributed by atoms with Crippen molar-refractivity contribution in [3.63, 3.8) is 0 Å². The van der Waals surface area contributed by atoms with E-state index < -0.39 is 37.1 Å². The fraction of sp³-hybridized carbons (Fsp3) is 0.333. The van der Waals surface area contributed by atoms with Gasteiger partial charge in [-0.15, -0.1) is 11.3 Å². The fourth-order valence-electron chi connectivity index (χ4n) is 3.63. The Bertz CT molecular complexity index is 972. The highest BCUT2D eigenvalue weighted by molar-refractivity contribution is 7.17. The molecule has 5 atom stereocenters. The summed E-state index contributed by atoms with van der Waals surface area (Å²) in [4.78, 5) is 0. The number of hydrogen-bond donors (Lipinski definition) is 4. The summed E-state index contributed by atoms with van der Waals surface area (Å²) in [7, 11) is 0. The van der Waals surface area contributed by atoms with Crippen LogP contribution >= 0.6 is 22.9 Å². The van der Waals surface area contributed by atoms with Crippen LogP contribution in [0.2, 0.25) is 5.02 Å². The minimum atomic E-state index is -1.41. The van der Waals surface area contributed by atoms with Crippen LogP contribution < -0.4 is 0 Å². The highest BCUT2D eigenvalue weighted by Gasteiger charge is 2.43. The summed E-state index contributed by atoms with van der Waals surface area (Å²) in [6.07, 6.45) is -5.30. The van der Waals surface area contributed by atoms with E-state index in [4.69, 9.17) is 16.3 Å². The molecular formula is C21H21ClO5S. The molecule has 2 heterocycles. The van der Waals surface area contributed by atoms with Crippen molar-refractivity contribution in [1.82, 2.24) is 0 Å². The van der Waals surface area contributed by atoms with E-state index in [1.807, 2.05) is 6.07 Å². The van der Waals surface area contributed by atoms with Crippen molar-refractivity contribution in [3.05, 3.63) is 69.6 Å². The van der Waals surface area contributed by atoms with E-state index in [2.05, 4.69) is 29.6 Å². The van der Waals surface area contributed by atoms with Crippen LogP contribution in [0.15, 0.2) is 47.8 Å². The van der Waals surface area contributed by atoms with Gasteiger partial charge in [-0.2, -0.15) is 0 Å². The molecule has 1 aromatic heterocycles. The third kappa shape index (κ3) is 3.69. The van der Waals surface area contributed by atoms with Crippen LogP contribution in [0.3, 0.4) is 0 Å². The van der Waals surface area contributed by atoms with E-state index in [9.17, 15) is 20.4 Å². The number of ether oxygens (including phenoxy) is 1. The Kier molecular flexibility index (Phi) is 5.71. The Hall–Kier alpha value is -1.51. The van der Waals surface area contributed by atoms with Gasteiger partial charge in [0.2, 0.25) is 0 Å². The van der Waals surface area contributed by atoms with E-state index in [0.717, 1.165) is 11.1 Å². The molecule has 1 fully saturated rings. The lowest BCUT2D eigenvalue weighted by Gasteiger charge is -2.40. The Balaban J connectivity index is 1.62. The standard InChI is InChI=1S/C21H21ClO5S/c22-15-3-2-13(21-20(26)19(25)18(24)16(10-23)27-21)9-14(15)8-11-1-4-17-12(7-11)5-6-28-17/h1-7,9,16,18-21,23-26H,8,10H2/t16-,18-,19+,20-,21+/m1/s1. The molecule has 1 aliphatic rings. The normalized spacial score (nSPS) is 28.0. The number of halogens is 1. The predicted octanol–water partition coefficient (Wildman–Crippen LogP) is 2.66. The minimum absolute atomic E-state index is 0.456. The van der Waals surface area contributed by atoms with Crippen molar-refractivity contribution < 1.29 is 25.2 Å². The zero-order chi connectivity index (χ0) is 19.8. The third-order valence-corrected chi connectivity index (χ3v) is 6.47. The van der Waals surface area contributed by atoms with Gasteiger partial charge in [-0.25, -0.2) is 0 Å². The molecule has 0 aliphatic carbocycles. The summed E-state index contributed by atoms with van der Waals surface area (Å²) in [5.41, 5.74) is 2.61. The average molecular weight is 421 g/mol. The predicted molar refractivity (Wildman–Crippen MR) is 109 cm³/mol. The van der Waals surface area contributed by atoms with E-state index in [0.29, 0.717) is 17.0 Å². The lowest BCUT2D eigenvalue weighted by molar-refractivity contribution is -0.231. The second-order valence-electron chi connectivity index (χ2n) is 7.07. The van der Waals surface area contributed by atoms with Crippen molar-refractivity contribution in [2.24, 2.45) is 0 Å². The highest BCUT2D eigenvalue weighted by Crippen LogP contribution is 2.34. The van der Waals surface area contributed by atoms with Gasteiger partial charge >= 0.3 is 0 Å². The van der Waals surface area contributed by atoms with Crippen molar-refractivity contribution in [1.29, 1.82) is 0 Å².